The Hall–Kier alpha value is -2.80. The standard InChI is InChI=1S/C33H39N/c1-3-4-5-6-7-8-9-10-11-12-13-25-14-15-27-24-32-28(23-29(27)22-25)17-19-31-30(32)18-16-26-20-21-34(2)33(26)31/h14-24H,3-13H2,1-2H3. The van der Waals surface area contributed by atoms with Gasteiger partial charge in [0.2, 0.25) is 0 Å². The summed E-state index contributed by atoms with van der Waals surface area (Å²) in [5.41, 5.74) is 2.81. The van der Waals surface area contributed by atoms with Crippen molar-refractivity contribution in [1.82, 2.24) is 4.57 Å². The van der Waals surface area contributed by atoms with Gasteiger partial charge in [-0.25, -0.2) is 0 Å². The number of aryl methyl sites for hydroxylation is 2. The highest BCUT2D eigenvalue weighted by molar-refractivity contribution is 6.18. The molecule has 0 aliphatic heterocycles. The maximum absolute atomic E-state index is 2.42. The lowest BCUT2D eigenvalue weighted by molar-refractivity contribution is 0.556. The highest BCUT2D eigenvalue weighted by Gasteiger charge is 2.08. The molecule has 0 atom stereocenters. The third-order valence-electron chi connectivity index (χ3n) is 7.69. The minimum Gasteiger partial charge on any atom is -0.350 e. The van der Waals surface area contributed by atoms with Gasteiger partial charge in [-0.3, -0.25) is 0 Å². The minimum absolute atomic E-state index is 1.20. The molecule has 0 saturated heterocycles. The maximum Gasteiger partial charge on any atom is 0.0557 e. The van der Waals surface area contributed by atoms with E-state index in [2.05, 4.69) is 85.4 Å². The van der Waals surface area contributed by atoms with E-state index in [1.807, 2.05) is 0 Å². The van der Waals surface area contributed by atoms with Gasteiger partial charge in [-0.15, -0.1) is 0 Å². The second kappa shape index (κ2) is 10.6. The Morgan fingerprint density at radius 3 is 2.00 bits per heavy atom. The Bertz CT molecular complexity index is 1400. The summed E-state index contributed by atoms with van der Waals surface area (Å²) in [6.45, 7) is 2.29. The molecule has 0 radical (unpaired) electrons. The molecule has 1 heterocycles. The molecule has 0 N–H and O–H groups in total. The zero-order chi connectivity index (χ0) is 23.3. The average molecular weight is 450 g/mol. The van der Waals surface area contributed by atoms with Gasteiger partial charge in [-0.2, -0.15) is 0 Å². The van der Waals surface area contributed by atoms with Crippen LogP contribution in [0.2, 0.25) is 0 Å². The van der Waals surface area contributed by atoms with Gasteiger partial charge in [0.1, 0.15) is 0 Å². The van der Waals surface area contributed by atoms with E-state index in [1.165, 1.54) is 119 Å². The van der Waals surface area contributed by atoms with E-state index in [9.17, 15) is 0 Å². The summed E-state index contributed by atoms with van der Waals surface area (Å²) in [5.74, 6) is 0. The third-order valence-corrected chi connectivity index (χ3v) is 7.69. The number of hydrogen-bond donors (Lipinski definition) is 0. The van der Waals surface area contributed by atoms with Gasteiger partial charge in [0.05, 0.1) is 5.52 Å². The normalized spacial score (nSPS) is 11.9. The molecular formula is C33H39N. The molecule has 0 amide bonds. The van der Waals surface area contributed by atoms with Crippen molar-refractivity contribution in [2.45, 2.75) is 77.6 Å². The minimum atomic E-state index is 1.20. The molecule has 176 valence electrons. The molecule has 0 aliphatic carbocycles. The van der Waals surface area contributed by atoms with Crippen LogP contribution in [-0.4, -0.2) is 4.57 Å². The van der Waals surface area contributed by atoms with Crippen LogP contribution >= 0.6 is 0 Å². The van der Waals surface area contributed by atoms with Crippen LogP contribution in [0, 0.1) is 0 Å². The smallest absolute Gasteiger partial charge is 0.0557 e. The summed E-state index contributed by atoms with van der Waals surface area (Å²) >= 11 is 0. The van der Waals surface area contributed by atoms with Crippen LogP contribution in [0.4, 0.5) is 0 Å². The lowest BCUT2D eigenvalue weighted by Crippen LogP contribution is -1.89. The second-order valence-corrected chi connectivity index (χ2v) is 10.3. The van der Waals surface area contributed by atoms with Crippen LogP contribution in [0.1, 0.15) is 76.7 Å². The van der Waals surface area contributed by atoms with Crippen LogP contribution < -0.4 is 0 Å². The molecule has 4 aromatic carbocycles. The molecular weight excluding hydrogens is 410 g/mol. The number of benzene rings is 4. The van der Waals surface area contributed by atoms with E-state index >= 15 is 0 Å². The molecule has 1 nitrogen and oxygen atoms in total. The number of nitrogens with zero attached hydrogens (tertiary/aromatic N) is 1. The average Bonchev–Trinajstić information content (AvgIpc) is 3.24. The summed E-state index contributed by atoms with van der Waals surface area (Å²) < 4.78 is 2.24. The maximum atomic E-state index is 2.42. The van der Waals surface area contributed by atoms with Crippen LogP contribution in [-0.2, 0) is 13.5 Å². The first-order valence-electron chi connectivity index (χ1n) is 13.6. The summed E-state index contributed by atoms with van der Waals surface area (Å²) in [6.07, 6.45) is 17.3. The van der Waals surface area contributed by atoms with Crippen molar-refractivity contribution in [3.8, 4) is 0 Å². The fourth-order valence-corrected chi connectivity index (χ4v) is 5.70. The van der Waals surface area contributed by atoms with E-state index in [1.54, 1.807) is 0 Å². The monoisotopic (exact) mass is 449 g/mol. The van der Waals surface area contributed by atoms with E-state index in [4.69, 9.17) is 0 Å². The highest BCUT2D eigenvalue weighted by atomic mass is 14.9. The Labute approximate surface area is 204 Å². The molecule has 0 saturated carbocycles. The van der Waals surface area contributed by atoms with Gasteiger partial charge < -0.3 is 4.57 Å². The fraction of sp³-hybridized carbons (Fsp3) is 0.394. The number of hydrogen-bond acceptors (Lipinski definition) is 0. The van der Waals surface area contributed by atoms with Crippen LogP contribution in [0.25, 0.3) is 43.2 Å². The largest absolute Gasteiger partial charge is 0.350 e. The van der Waals surface area contributed by atoms with Gasteiger partial charge in [-0.1, -0.05) is 107 Å². The third kappa shape index (κ3) is 4.85. The first-order valence-corrected chi connectivity index (χ1v) is 13.6. The Morgan fingerprint density at radius 2 is 1.21 bits per heavy atom. The molecule has 5 aromatic rings. The summed E-state index contributed by atoms with van der Waals surface area (Å²) in [4.78, 5) is 0. The predicted molar refractivity (Wildman–Crippen MR) is 151 cm³/mol. The van der Waals surface area contributed by atoms with Gasteiger partial charge >= 0.3 is 0 Å². The van der Waals surface area contributed by atoms with E-state index in [-0.39, 0.29) is 0 Å². The summed E-state index contributed by atoms with van der Waals surface area (Å²) in [7, 11) is 2.14. The van der Waals surface area contributed by atoms with E-state index < -0.39 is 0 Å². The van der Waals surface area contributed by atoms with Crippen molar-refractivity contribution in [2.24, 2.45) is 7.05 Å². The number of rotatable bonds is 11. The molecule has 5 rings (SSSR count). The van der Waals surface area contributed by atoms with Crippen molar-refractivity contribution >= 4 is 43.2 Å². The molecule has 0 aliphatic rings. The molecule has 0 spiro atoms. The fourth-order valence-electron chi connectivity index (χ4n) is 5.70. The molecule has 1 heteroatoms. The highest BCUT2D eigenvalue weighted by Crippen LogP contribution is 2.34. The molecule has 34 heavy (non-hydrogen) atoms. The van der Waals surface area contributed by atoms with Crippen molar-refractivity contribution in [3.63, 3.8) is 0 Å². The Kier molecular flexibility index (Phi) is 7.19. The molecule has 0 bridgehead atoms. The first-order chi connectivity index (χ1) is 16.7. The quantitative estimate of drug-likeness (QED) is 0.107. The Morgan fingerprint density at radius 1 is 0.529 bits per heavy atom. The predicted octanol–water partition coefficient (Wildman–Crippen LogP) is 10.1. The second-order valence-electron chi connectivity index (χ2n) is 10.3. The lowest BCUT2D eigenvalue weighted by atomic mass is 9.95. The number of unbranched alkanes of at least 4 members (excludes halogenated alkanes) is 9. The number of aromatic nitrogens is 1. The summed E-state index contributed by atoms with van der Waals surface area (Å²) in [5, 5.41) is 9.42. The van der Waals surface area contributed by atoms with Gasteiger partial charge in [0, 0.05) is 24.0 Å². The molecule has 0 fully saturated rings. The van der Waals surface area contributed by atoms with Crippen molar-refractivity contribution in [3.05, 3.63) is 72.4 Å². The van der Waals surface area contributed by atoms with Crippen LogP contribution in [0.15, 0.2) is 66.9 Å². The van der Waals surface area contributed by atoms with Gasteiger partial charge in [-0.05, 0) is 63.5 Å². The van der Waals surface area contributed by atoms with Crippen molar-refractivity contribution in [1.29, 1.82) is 0 Å². The topological polar surface area (TPSA) is 4.93 Å². The molecule has 0 unspecified atom stereocenters. The lowest BCUT2D eigenvalue weighted by Gasteiger charge is -2.10. The van der Waals surface area contributed by atoms with Crippen LogP contribution in [0.5, 0.6) is 0 Å². The van der Waals surface area contributed by atoms with Crippen molar-refractivity contribution in [2.75, 3.05) is 0 Å². The van der Waals surface area contributed by atoms with Crippen molar-refractivity contribution < 1.29 is 0 Å². The SMILES string of the molecule is CCCCCCCCCCCCc1ccc2cc3c(ccc4c3ccc3ccn(C)c34)cc2c1. The molecule has 1 aromatic heterocycles. The summed E-state index contributed by atoms with van der Waals surface area (Å²) in [6, 6.07) is 23.3. The number of fused-ring (bicyclic) bond motifs is 6. The van der Waals surface area contributed by atoms with Gasteiger partial charge in [0.25, 0.3) is 0 Å². The van der Waals surface area contributed by atoms with Crippen LogP contribution in [0.3, 0.4) is 0 Å². The Balaban J connectivity index is 1.25. The van der Waals surface area contributed by atoms with E-state index in [0.29, 0.717) is 0 Å². The zero-order valence-electron chi connectivity index (χ0n) is 21.1. The zero-order valence-corrected chi connectivity index (χ0v) is 21.1. The van der Waals surface area contributed by atoms with E-state index in [0.717, 1.165) is 0 Å². The first kappa shape index (κ1) is 23.0. The van der Waals surface area contributed by atoms with Gasteiger partial charge in [0.15, 0.2) is 0 Å².